The van der Waals surface area contributed by atoms with Gasteiger partial charge in [0.1, 0.15) is 0 Å². The van der Waals surface area contributed by atoms with Crippen molar-refractivity contribution in [3.8, 4) is 0 Å². The first-order chi connectivity index (χ1) is 14.8. The lowest BCUT2D eigenvalue weighted by Gasteiger charge is -2.16. The van der Waals surface area contributed by atoms with Gasteiger partial charge in [-0.15, -0.1) is 0 Å². The van der Waals surface area contributed by atoms with Crippen molar-refractivity contribution in [2.45, 2.75) is 41.9 Å². The molecule has 4 rings (SSSR count). The number of fused-ring (bicyclic) bond motifs is 1. The first kappa shape index (κ1) is 21.8. The fourth-order valence-electron chi connectivity index (χ4n) is 3.64. The predicted molar refractivity (Wildman–Crippen MR) is 125 cm³/mol. The number of sulfonamides is 1. The summed E-state index contributed by atoms with van der Waals surface area (Å²) >= 11 is 1.38. The van der Waals surface area contributed by atoms with E-state index in [0.717, 1.165) is 40.0 Å². The maximum atomic E-state index is 12.9. The maximum Gasteiger partial charge on any atom is 0.243 e. The van der Waals surface area contributed by atoms with Crippen LogP contribution in [0.4, 0.5) is 5.69 Å². The number of pyridine rings is 1. The number of para-hydroxylation sites is 1. The Kier molecular flexibility index (Phi) is 6.31. The molecule has 0 radical (unpaired) electrons. The Morgan fingerprint density at radius 1 is 1.10 bits per heavy atom. The van der Waals surface area contributed by atoms with E-state index in [2.05, 4.69) is 10.3 Å². The van der Waals surface area contributed by atoms with E-state index >= 15 is 0 Å². The molecule has 8 heteroatoms. The van der Waals surface area contributed by atoms with Crippen LogP contribution in [0.5, 0.6) is 0 Å². The normalized spacial score (nSPS) is 15.8. The van der Waals surface area contributed by atoms with E-state index in [9.17, 15) is 13.2 Å². The Labute approximate surface area is 187 Å². The van der Waals surface area contributed by atoms with Gasteiger partial charge >= 0.3 is 0 Å². The fraction of sp³-hybridized carbons (Fsp3) is 0.304. The minimum absolute atomic E-state index is 0.0946. The number of hydrogen-bond acceptors (Lipinski definition) is 5. The number of nitrogens with zero attached hydrogens (tertiary/aromatic N) is 2. The molecule has 2 heterocycles. The van der Waals surface area contributed by atoms with Gasteiger partial charge in [-0.1, -0.05) is 30.0 Å². The highest BCUT2D eigenvalue weighted by Crippen LogP contribution is 2.30. The van der Waals surface area contributed by atoms with E-state index < -0.39 is 10.0 Å². The summed E-state index contributed by atoms with van der Waals surface area (Å²) in [6.45, 7) is 4.94. The highest BCUT2D eigenvalue weighted by molar-refractivity contribution is 8.00. The molecule has 1 aliphatic rings. The van der Waals surface area contributed by atoms with Gasteiger partial charge in [0.15, 0.2) is 0 Å². The smallest absolute Gasteiger partial charge is 0.243 e. The molecule has 3 aromatic rings. The topological polar surface area (TPSA) is 79.4 Å². The zero-order chi connectivity index (χ0) is 22.0. The van der Waals surface area contributed by atoms with Crippen molar-refractivity contribution in [2.24, 2.45) is 0 Å². The first-order valence-electron chi connectivity index (χ1n) is 10.3. The van der Waals surface area contributed by atoms with Gasteiger partial charge in [-0.3, -0.25) is 4.79 Å². The highest BCUT2D eigenvalue weighted by Gasteiger charge is 2.27. The SMILES string of the molecule is Cc1cc(SC(C)C(=O)Nc2ccccc2)nc2ccc(S(=O)(=O)N3CCCC3)cc12. The lowest BCUT2D eigenvalue weighted by molar-refractivity contribution is -0.115. The Bertz CT molecular complexity index is 1210. The number of hydrogen-bond donors (Lipinski definition) is 1. The van der Waals surface area contributed by atoms with Crippen LogP contribution in [0.25, 0.3) is 10.9 Å². The van der Waals surface area contributed by atoms with Gasteiger partial charge in [-0.25, -0.2) is 13.4 Å². The van der Waals surface area contributed by atoms with Gasteiger partial charge in [0.25, 0.3) is 0 Å². The van der Waals surface area contributed by atoms with Gasteiger partial charge < -0.3 is 5.32 Å². The van der Waals surface area contributed by atoms with Crippen LogP contribution in [0.2, 0.25) is 0 Å². The number of anilines is 1. The molecule has 1 fully saturated rings. The first-order valence-corrected chi connectivity index (χ1v) is 12.6. The molecule has 0 bridgehead atoms. The Balaban J connectivity index is 1.54. The third-order valence-electron chi connectivity index (χ3n) is 5.37. The van der Waals surface area contributed by atoms with Crippen LogP contribution in [-0.2, 0) is 14.8 Å². The summed E-state index contributed by atoms with van der Waals surface area (Å²) in [5.41, 5.74) is 2.41. The predicted octanol–water partition coefficient (Wildman–Crippen LogP) is 4.45. The molecular formula is C23H25N3O3S2. The van der Waals surface area contributed by atoms with E-state index in [1.165, 1.54) is 11.8 Å². The van der Waals surface area contributed by atoms with E-state index in [4.69, 9.17) is 0 Å². The minimum Gasteiger partial charge on any atom is -0.325 e. The fourth-order valence-corrected chi connectivity index (χ4v) is 6.11. The van der Waals surface area contributed by atoms with E-state index in [1.54, 1.807) is 22.5 Å². The zero-order valence-corrected chi connectivity index (χ0v) is 19.2. The standard InChI is InChI=1S/C23H25N3O3S2/c1-16-14-22(30-17(2)23(27)24-18-8-4-3-5-9-18)25-21-11-10-19(15-20(16)21)31(28,29)26-12-6-7-13-26/h3-5,8-11,14-15,17H,6-7,12-13H2,1-2H3,(H,24,27). The summed E-state index contributed by atoms with van der Waals surface area (Å²) in [6, 6.07) is 16.4. The average Bonchev–Trinajstić information content (AvgIpc) is 3.30. The number of aryl methyl sites for hydroxylation is 1. The lowest BCUT2D eigenvalue weighted by atomic mass is 10.1. The second-order valence-corrected chi connectivity index (χ2v) is 11.0. The van der Waals surface area contributed by atoms with Crippen molar-refractivity contribution < 1.29 is 13.2 Å². The number of amides is 1. The molecule has 1 aromatic heterocycles. The van der Waals surface area contributed by atoms with Crippen LogP contribution in [0, 0.1) is 6.92 Å². The number of nitrogens with one attached hydrogen (secondary N) is 1. The number of rotatable bonds is 6. The van der Waals surface area contributed by atoms with Crippen molar-refractivity contribution in [1.82, 2.24) is 9.29 Å². The quantitative estimate of drug-likeness (QED) is 0.556. The number of thioether (sulfide) groups is 1. The van der Waals surface area contributed by atoms with Crippen molar-refractivity contribution in [2.75, 3.05) is 18.4 Å². The average molecular weight is 456 g/mol. The van der Waals surface area contributed by atoms with Crippen LogP contribution >= 0.6 is 11.8 Å². The van der Waals surface area contributed by atoms with Gasteiger partial charge in [0, 0.05) is 24.2 Å². The summed E-state index contributed by atoms with van der Waals surface area (Å²) in [6.07, 6.45) is 1.81. The molecule has 162 valence electrons. The second kappa shape index (κ2) is 8.98. The van der Waals surface area contributed by atoms with Gasteiger partial charge in [0.2, 0.25) is 15.9 Å². The van der Waals surface area contributed by atoms with E-state index in [-0.39, 0.29) is 11.2 Å². The van der Waals surface area contributed by atoms with Crippen LogP contribution in [0.15, 0.2) is 64.5 Å². The Hall–Kier alpha value is -2.42. The maximum absolute atomic E-state index is 12.9. The summed E-state index contributed by atoms with van der Waals surface area (Å²) in [7, 11) is -3.47. The highest BCUT2D eigenvalue weighted by atomic mass is 32.2. The van der Waals surface area contributed by atoms with Gasteiger partial charge in [0.05, 0.1) is 20.7 Å². The number of aromatic nitrogens is 1. The number of carbonyl (C=O) groups excluding carboxylic acids is 1. The molecule has 1 aliphatic heterocycles. The van der Waals surface area contributed by atoms with Gasteiger partial charge in [-0.05, 0) is 68.7 Å². The van der Waals surface area contributed by atoms with Crippen molar-refractivity contribution in [3.63, 3.8) is 0 Å². The third kappa shape index (κ3) is 4.76. The van der Waals surface area contributed by atoms with Crippen LogP contribution in [-0.4, -0.2) is 42.0 Å². The lowest BCUT2D eigenvalue weighted by Crippen LogP contribution is -2.27. The largest absolute Gasteiger partial charge is 0.325 e. The molecule has 6 nitrogen and oxygen atoms in total. The molecule has 1 unspecified atom stereocenters. The number of carbonyl (C=O) groups is 1. The van der Waals surface area contributed by atoms with Crippen LogP contribution in [0.3, 0.4) is 0 Å². The van der Waals surface area contributed by atoms with Crippen molar-refractivity contribution >= 4 is 44.3 Å². The zero-order valence-electron chi connectivity index (χ0n) is 17.5. The van der Waals surface area contributed by atoms with Crippen molar-refractivity contribution in [3.05, 3.63) is 60.2 Å². The van der Waals surface area contributed by atoms with E-state index in [1.807, 2.05) is 50.2 Å². The monoisotopic (exact) mass is 455 g/mol. The molecule has 1 amide bonds. The van der Waals surface area contributed by atoms with Crippen molar-refractivity contribution in [1.29, 1.82) is 0 Å². The summed E-state index contributed by atoms with van der Waals surface area (Å²) in [5.74, 6) is -0.0946. The van der Waals surface area contributed by atoms with Crippen LogP contribution in [0.1, 0.15) is 25.3 Å². The molecule has 0 saturated carbocycles. The number of benzene rings is 2. The summed E-state index contributed by atoms with van der Waals surface area (Å²) < 4.78 is 27.3. The molecule has 2 aromatic carbocycles. The molecule has 31 heavy (non-hydrogen) atoms. The van der Waals surface area contributed by atoms with E-state index in [0.29, 0.717) is 18.0 Å². The minimum atomic E-state index is -3.47. The molecule has 1 atom stereocenters. The van der Waals surface area contributed by atoms with Gasteiger partial charge in [-0.2, -0.15) is 4.31 Å². The molecule has 0 spiro atoms. The second-order valence-electron chi connectivity index (χ2n) is 7.68. The summed E-state index contributed by atoms with van der Waals surface area (Å²) in [5, 5.41) is 4.12. The molecule has 1 saturated heterocycles. The molecule has 1 N–H and O–H groups in total. The molecule has 0 aliphatic carbocycles. The molecular weight excluding hydrogens is 430 g/mol. The Morgan fingerprint density at radius 3 is 2.52 bits per heavy atom. The summed E-state index contributed by atoms with van der Waals surface area (Å²) in [4.78, 5) is 17.5. The van der Waals surface area contributed by atoms with Crippen LogP contribution < -0.4 is 5.32 Å². The Morgan fingerprint density at radius 2 is 1.81 bits per heavy atom. The third-order valence-corrected chi connectivity index (χ3v) is 8.29.